The second-order valence-electron chi connectivity index (χ2n) is 5.76. The molecule has 0 bridgehead atoms. The van der Waals surface area contributed by atoms with Gasteiger partial charge in [-0.3, -0.25) is 4.79 Å². The number of nitrogens with one attached hydrogen (secondary N) is 1. The molecule has 6 nitrogen and oxygen atoms in total. The summed E-state index contributed by atoms with van der Waals surface area (Å²) in [5, 5.41) is 3.34. The highest BCUT2D eigenvalue weighted by molar-refractivity contribution is 6.36. The van der Waals surface area contributed by atoms with E-state index in [2.05, 4.69) is 10.3 Å². The van der Waals surface area contributed by atoms with E-state index in [9.17, 15) is 9.59 Å². The Morgan fingerprint density at radius 3 is 2.73 bits per heavy atom. The minimum absolute atomic E-state index is 0.125. The molecule has 1 N–H and O–H groups in total. The predicted molar refractivity (Wildman–Crippen MR) is 99.9 cm³/mol. The van der Waals surface area contributed by atoms with Crippen LogP contribution >= 0.6 is 23.2 Å². The van der Waals surface area contributed by atoms with Crippen molar-refractivity contribution in [1.82, 2.24) is 9.38 Å². The Kier molecular flexibility index (Phi) is 5.15. The van der Waals surface area contributed by atoms with E-state index >= 15 is 0 Å². The van der Waals surface area contributed by atoms with Gasteiger partial charge in [0.05, 0.1) is 10.7 Å². The molecule has 0 aliphatic heterocycles. The Morgan fingerprint density at radius 1 is 1.23 bits per heavy atom. The number of pyridine rings is 1. The van der Waals surface area contributed by atoms with Crippen molar-refractivity contribution in [2.75, 3.05) is 5.32 Å². The number of amides is 1. The molecule has 26 heavy (non-hydrogen) atoms. The maximum atomic E-state index is 12.3. The Bertz CT molecular complexity index is 1000. The number of hydrogen-bond donors (Lipinski definition) is 1. The van der Waals surface area contributed by atoms with Crippen LogP contribution in [0.3, 0.4) is 0 Å². The number of benzene rings is 1. The van der Waals surface area contributed by atoms with Gasteiger partial charge in [-0.05, 0) is 49.7 Å². The van der Waals surface area contributed by atoms with Crippen LogP contribution < -0.4 is 5.32 Å². The van der Waals surface area contributed by atoms with Crippen LogP contribution in [-0.2, 0) is 9.53 Å². The van der Waals surface area contributed by atoms with Gasteiger partial charge in [-0.25, -0.2) is 9.78 Å². The van der Waals surface area contributed by atoms with Crippen molar-refractivity contribution in [2.45, 2.75) is 20.0 Å². The highest BCUT2D eigenvalue weighted by atomic mass is 35.5. The Balaban J connectivity index is 1.68. The fourth-order valence-corrected chi connectivity index (χ4v) is 2.74. The zero-order chi connectivity index (χ0) is 18.8. The lowest BCUT2D eigenvalue weighted by molar-refractivity contribution is -0.123. The molecule has 0 saturated heterocycles. The average Bonchev–Trinajstić information content (AvgIpc) is 3.00. The molecule has 1 aromatic carbocycles. The average molecular weight is 392 g/mol. The molecule has 0 radical (unpaired) electrons. The van der Waals surface area contributed by atoms with E-state index in [0.717, 1.165) is 5.56 Å². The molecule has 0 spiro atoms. The maximum absolute atomic E-state index is 12.3. The molecule has 3 aromatic rings. The summed E-state index contributed by atoms with van der Waals surface area (Å²) < 4.78 is 6.91. The number of esters is 1. The highest BCUT2D eigenvalue weighted by Crippen LogP contribution is 2.25. The van der Waals surface area contributed by atoms with Crippen LogP contribution in [0.2, 0.25) is 10.0 Å². The lowest BCUT2D eigenvalue weighted by atomic mass is 10.3. The fraction of sp³-hybridized carbons (Fsp3) is 0.167. The maximum Gasteiger partial charge on any atom is 0.359 e. The van der Waals surface area contributed by atoms with Crippen LogP contribution in [0.4, 0.5) is 5.69 Å². The van der Waals surface area contributed by atoms with E-state index in [1.165, 1.54) is 13.0 Å². The van der Waals surface area contributed by atoms with Crippen molar-refractivity contribution >= 4 is 46.4 Å². The molecule has 2 heterocycles. The van der Waals surface area contributed by atoms with Gasteiger partial charge >= 0.3 is 5.97 Å². The van der Waals surface area contributed by atoms with Crippen LogP contribution in [0.5, 0.6) is 0 Å². The number of halogens is 2. The molecule has 1 amide bonds. The van der Waals surface area contributed by atoms with Crippen molar-refractivity contribution in [3.05, 3.63) is 64.0 Å². The van der Waals surface area contributed by atoms with Gasteiger partial charge in [0.25, 0.3) is 5.91 Å². The van der Waals surface area contributed by atoms with Crippen LogP contribution in [-0.4, -0.2) is 27.4 Å². The Morgan fingerprint density at radius 2 is 2.00 bits per heavy atom. The van der Waals surface area contributed by atoms with Gasteiger partial charge in [-0.2, -0.15) is 0 Å². The van der Waals surface area contributed by atoms with Gasteiger partial charge in [-0.1, -0.05) is 23.2 Å². The molecule has 8 heteroatoms. The zero-order valence-corrected chi connectivity index (χ0v) is 15.5. The van der Waals surface area contributed by atoms with Crippen LogP contribution in [0.25, 0.3) is 5.65 Å². The zero-order valence-electron chi connectivity index (χ0n) is 14.0. The number of fused-ring (bicyclic) bond motifs is 1. The first-order valence-corrected chi connectivity index (χ1v) is 8.51. The number of ether oxygens (including phenoxy) is 1. The highest BCUT2D eigenvalue weighted by Gasteiger charge is 2.21. The van der Waals surface area contributed by atoms with Crippen LogP contribution in [0.15, 0.2) is 42.7 Å². The summed E-state index contributed by atoms with van der Waals surface area (Å²) in [5.74, 6) is -1.20. The van der Waals surface area contributed by atoms with Gasteiger partial charge in [0.1, 0.15) is 5.65 Å². The largest absolute Gasteiger partial charge is 0.448 e. The van der Waals surface area contributed by atoms with Crippen molar-refractivity contribution < 1.29 is 14.3 Å². The summed E-state index contributed by atoms with van der Waals surface area (Å²) in [6, 6.07) is 8.42. The molecule has 2 aromatic heterocycles. The van der Waals surface area contributed by atoms with Gasteiger partial charge < -0.3 is 14.5 Å². The van der Waals surface area contributed by atoms with Crippen molar-refractivity contribution in [1.29, 1.82) is 0 Å². The number of nitrogens with zero attached hydrogens (tertiary/aromatic N) is 2. The lowest BCUT2D eigenvalue weighted by Gasteiger charge is -2.13. The number of aromatic nitrogens is 2. The number of hydrogen-bond acceptors (Lipinski definition) is 4. The first-order chi connectivity index (χ1) is 12.3. The third-order valence-corrected chi connectivity index (χ3v) is 4.21. The molecule has 0 fully saturated rings. The molecule has 1 unspecified atom stereocenters. The van der Waals surface area contributed by atoms with Crippen molar-refractivity contribution in [2.24, 2.45) is 0 Å². The van der Waals surface area contributed by atoms with Crippen molar-refractivity contribution in [3.63, 3.8) is 0 Å². The number of carbonyl (C=O) groups excluding carboxylic acids is 2. The third-order valence-electron chi connectivity index (χ3n) is 3.67. The quantitative estimate of drug-likeness (QED) is 0.678. The van der Waals surface area contributed by atoms with E-state index in [4.69, 9.17) is 27.9 Å². The van der Waals surface area contributed by atoms with Gasteiger partial charge in [0, 0.05) is 17.4 Å². The molecule has 134 valence electrons. The number of aryl methyl sites for hydroxylation is 1. The molecule has 1 atom stereocenters. The minimum Gasteiger partial charge on any atom is -0.448 e. The van der Waals surface area contributed by atoms with E-state index in [0.29, 0.717) is 21.4 Å². The van der Waals surface area contributed by atoms with Gasteiger partial charge in [-0.15, -0.1) is 0 Å². The Labute approximate surface area is 159 Å². The third kappa shape index (κ3) is 3.98. The first kappa shape index (κ1) is 18.2. The van der Waals surface area contributed by atoms with E-state index in [-0.39, 0.29) is 5.69 Å². The lowest BCUT2D eigenvalue weighted by Crippen LogP contribution is -2.30. The summed E-state index contributed by atoms with van der Waals surface area (Å²) >= 11 is 11.8. The smallest absolute Gasteiger partial charge is 0.359 e. The molecule has 0 saturated carbocycles. The number of imidazole rings is 1. The standard InChI is InChI=1S/C18H15Cl2N3O3/c1-10-5-6-23-9-15(21-16(23)7-10)18(25)26-11(2)17(24)22-14-4-3-12(19)8-13(14)20/h3-9,11H,1-2H3,(H,22,24). The van der Waals surface area contributed by atoms with E-state index in [1.54, 1.807) is 28.9 Å². The van der Waals surface area contributed by atoms with Gasteiger partial charge in [0.15, 0.2) is 11.8 Å². The summed E-state index contributed by atoms with van der Waals surface area (Å²) in [7, 11) is 0. The molecular formula is C18H15Cl2N3O3. The molecule has 0 aliphatic rings. The van der Waals surface area contributed by atoms with Crippen LogP contribution in [0, 0.1) is 6.92 Å². The van der Waals surface area contributed by atoms with E-state index in [1.807, 2.05) is 19.1 Å². The summed E-state index contributed by atoms with van der Waals surface area (Å²) in [6.45, 7) is 3.40. The summed E-state index contributed by atoms with van der Waals surface area (Å²) in [4.78, 5) is 28.7. The van der Waals surface area contributed by atoms with E-state index < -0.39 is 18.0 Å². The number of carbonyl (C=O) groups is 2. The SMILES string of the molecule is Cc1ccn2cc(C(=O)OC(C)C(=O)Nc3ccc(Cl)cc3Cl)nc2c1. The predicted octanol–water partition coefficient (Wildman–Crippen LogP) is 4.13. The normalized spacial score (nSPS) is 12.0. The topological polar surface area (TPSA) is 72.7 Å². The monoisotopic (exact) mass is 391 g/mol. The number of anilines is 1. The second-order valence-corrected chi connectivity index (χ2v) is 6.60. The molecular weight excluding hydrogens is 377 g/mol. The van der Waals surface area contributed by atoms with Gasteiger partial charge in [0.2, 0.25) is 0 Å². The summed E-state index contributed by atoms with van der Waals surface area (Å²) in [5.41, 5.74) is 2.16. The van der Waals surface area contributed by atoms with Crippen molar-refractivity contribution in [3.8, 4) is 0 Å². The number of rotatable bonds is 4. The fourth-order valence-electron chi connectivity index (χ4n) is 2.28. The molecule has 3 rings (SSSR count). The minimum atomic E-state index is -1.03. The van der Waals surface area contributed by atoms with Crippen LogP contribution in [0.1, 0.15) is 23.0 Å². The second kappa shape index (κ2) is 7.35. The first-order valence-electron chi connectivity index (χ1n) is 7.76. The molecule has 0 aliphatic carbocycles. The Hall–Kier alpha value is -2.57. The summed E-state index contributed by atoms with van der Waals surface area (Å²) in [6.07, 6.45) is 2.33.